The summed E-state index contributed by atoms with van der Waals surface area (Å²) in [5.41, 5.74) is 6.90. The number of halogens is 2. The van der Waals surface area contributed by atoms with E-state index in [4.69, 9.17) is 28.9 Å². The Kier molecular flexibility index (Phi) is 4.20. The lowest BCUT2D eigenvalue weighted by Gasteiger charge is -2.07. The molecule has 1 heterocycles. The van der Waals surface area contributed by atoms with E-state index in [2.05, 4.69) is 10.4 Å². The van der Waals surface area contributed by atoms with E-state index < -0.39 is 0 Å². The van der Waals surface area contributed by atoms with Crippen molar-refractivity contribution in [1.29, 1.82) is 0 Å². The Labute approximate surface area is 126 Å². The van der Waals surface area contributed by atoms with Gasteiger partial charge in [-0.1, -0.05) is 23.2 Å². The Morgan fingerprint density at radius 1 is 1.40 bits per heavy atom. The van der Waals surface area contributed by atoms with Crippen molar-refractivity contribution >= 4 is 40.5 Å². The molecule has 1 aromatic heterocycles. The molecule has 0 atom stereocenters. The lowest BCUT2D eigenvalue weighted by molar-refractivity contribution is 0.102. The van der Waals surface area contributed by atoms with Crippen molar-refractivity contribution < 1.29 is 4.79 Å². The number of nitrogens with zero attached hydrogens (tertiary/aromatic N) is 2. The summed E-state index contributed by atoms with van der Waals surface area (Å²) in [5.74, 6) is -0.321. The quantitative estimate of drug-likeness (QED) is 0.850. The van der Waals surface area contributed by atoms with Crippen molar-refractivity contribution in [2.45, 2.75) is 19.9 Å². The molecule has 2 rings (SSSR count). The van der Waals surface area contributed by atoms with Crippen LogP contribution in [0.25, 0.3) is 0 Å². The molecule has 0 aliphatic carbocycles. The highest BCUT2D eigenvalue weighted by Gasteiger charge is 2.12. The van der Waals surface area contributed by atoms with Crippen molar-refractivity contribution in [2.75, 3.05) is 11.1 Å². The van der Waals surface area contributed by atoms with Gasteiger partial charge in [-0.2, -0.15) is 5.10 Å². The molecule has 1 amide bonds. The van der Waals surface area contributed by atoms with Gasteiger partial charge in [0.1, 0.15) is 0 Å². The van der Waals surface area contributed by atoms with Crippen molar-refractivity contribution in [3.8, 4) is 0 Å². The van der Waals surface area contributed by atoms with E-state index in [0.717, 1.165) is 0 Å². The number of hydrogen-bond acceptors (Lipinski definition) is 3. The van der Waals surface area contributed by atoms with Gasteiger partial charge in [0.05, 0.1) is 27.6 Å². The summed E-state index contributed by atoms with van der Waals surface area (Å²) in [6.07, 6.45) is 3.34. The number of nitrogen functional groups attached to an aromatic ring is 1. The predicted octanol–water partition coefficient (Wildman–Crippen LogP) is 3.61. The van der Waals surface area contributed by atoms with E-state index >= 15 is 0 Å². The molecule has 0 radical (unpaired) electrons. The summed E-state index contributed by atoms with van der Waals surface area (Å²) in [7, 11) is 0. The van der Waals surface area contributed by atoms with Crippen LogP contribution in [-0.2, 0) is 0 Å². The van der Waals surface area contributed by atoms with Gasteiger partial charge in [0, 0.05) is 17.8 Å². The molecule has 0 bridgehead atoms. The second-order valence-corrected chi connectivity index (χ2v) is 5.40. The van der Waals surface area contributed by atoms with E-state index in [1.165, 1.54) is 12.1 Å². The third-order valence-corrected chi connectivity index (χ3v) is 3.52. The zero-order chi connectivity index (χ0) is 14.9. The van der Waals surface area contributed by atoms with E-state index in [1.54, 1.807) is 17.1 Å². The van der Waals surface area contributed by atoms with E-state index in [1.807, 2.05) is 13.8 Å². The summed E-state index contributed by atoms with van der Waals surface area (Å²) < 4.78 is 1.75. The number of benzene rings is 1. The van der Waals surface area contributed by atoms with Crippen molar-refractivity contribution in [2.24, 2.45) is 0 Å². The van der Waals surface area contributed by atoms with Gasteiger partial charge < -0.3 is 11.1 Å². The predicted molar refractivity (Wildman–Crippen MR) is 81.4 cm³/mol. The van der Waals surface area contributed by atoms with Crippen LogP contribution >= 0.6 is 23.2 Å². The Hall–Kier alpha value is -1.72. The molecule has 0 unspecified atom stereocenters. The molecule has 106 valence electrons. The molecule has 1 aromatic carbocycles. The van der Waals surface area contributed by atoms with Crippen molar-refractivity contribution in [1.82, 2.24) is 9.78 Å². The Balaban J connectivity index is 2.19. The van der Waals surface area contributed by atoms with Crippen LogP contribution in [-0.4, -0.2) is 15.7 Å². The minimum Gasteiger partial charge on any atom is -0.397 e. The number of amides is 1. The molecule has 20 heavy (non-hydrogen) atoms. The first kappa shape index (κ1) is 14.7. The zero-order valence-electron chi connectivity index (χ0n) is 11.0. The lowest BCUT2D eigenvalue weighted by Crippen LogP contribution is -2.12. The third kappa shape index (κ3) is 3.05. The average molecular weight is 313 g/mol. The number of hydrogen-bond donors (Lipinski definition) is 2. The van der Waals surface area contributed by atoms with Crippen LogP contribution in [0, 0.1) is 0 Å². The van der Waals surface area contributed by atoms with Gasteiger partial charge in [-0.15, -0.1) is 0 Å². The van der Waals surface area contributed by atoms with Crippen molar-refractivity contribution in [3.63, 3.8) is 0 Å². The summed E-state index contributed by atoms with van der Waals surface area (Å²) in [6.45, 7) is 4.00. The first-order valence-electron chi connectivity index (χ1n) is 5.98. The summed E-state index contributed by atoms with van der Waals surface area (Å²) >= 11 is 11.8. The fourth-order valence-electron chi connectivity index (χ4n) is 1.63. The minimum atomic E-state index is -0.321. The first-order valence-corrected chi connectivity index (χ1v) is 6.74. The zero-order valence-corrected chi connectivity index (χ0v) is 12.5. The first-order chi connectivity index (χ1) is 9.38. The largest absolute Gasteiger partial charge is 0.397 e. The summed E-state index contributed by atoms with van der Waals surface area (Å²) in [4.78, 5) is 12.1. The summed E-state index contributed by atoms with van der Waals surface area (Å²) in [5, 5.41) is 7.36. The monoisotopic (exact) mass is 312 g/mol. The van der Waals surface area contributed by atoms with Gasteiger partial charge in [0.2, 0.25) is 0 Å². The molecule has 0 aliphatic rings. The maximum absolute atomic E-state index is 12.1. The molecular weight excluding hydrogens is 299 g/mol. The molecule has 0 fully saturated rings. The number of nitrogens with two attached hydrogens (primary N) is 1. The molecule has 7 heteroatoms. The minimum absolute atomic E-state index is 0.223. The second kappa shape index (κ2) is 5.73. The molecule has 0 saturated heterocycles. The van der Waals surface area contributed by atoms with Crippen LogP contribution in [0.3, 0.4) is 0 Å². The SMILES string of the molecule is CC(C)n1cc(NC(=O)c2cc(N)c(Cl)c(Cl)c2)cn1. The number of rotatable bonds is 3. The highest BCUT2D eigenvalue weighted by atomic mass is 35.5. The molecule has 0 spiro atoms. The normalized spacial score (nSPS) is 10.8. The molecule has 0 aliphatic heterocycles. The average Bonchev–Trinajstić information content (AvgIpc) is 2.84. The highest BCUT2D eigenvalue weighted by Crippen LogP contribution is 2.29. The van der Waals surface area contributed by atoms with Gasteiger partial charge >= 0.3 is 0 Å². The molecular formula is C13H14Cl2N4O. The molecule has 3 N–H and O–H groups in total. The van der Waals surface area contributed by atoms with Crippen LogP contribution in [0.15, 0.2) is 24.5 Å². The maximum Gasteiger partial charge on any atom is 0.255 e. The van der Waals surface area contributed by atoms with Crippen LogP contribution < -0.4 is 11.1 Å². The van der Waals surface area contributed by atoms with Crippen LogP contribution in [0.5, 0.6) is 0 Å². The lowest BCUT2D eigenvalue weighted by atomic mass is 10.2. The molecule has 5 nitrogen and oxygen atoms in total. The van der Waals surface area contributed by atoms with Crippen LogP contribution in [0.1, 0.15) is 30.2 Å². The standard InChI is InChI=1S/C13H14Cl2N4O/c1-7(2)19-6-9(5-17-19)18-13(20)8-3-10(14)12(15)11(16)4-8/h3-7H,16H2,1-2H3,(H,18,20). The van der Waals surface area contributed by atoms with Gasteiger partial charge in [-0.25, -0.2) is 0 Å². The fraction of sp³-hybridized carbons (Fsp3) is 0.231. The third-order valence-electron chi connectivity index (χ3n) is 2.71. The number of nitrogens with one attached hydrogen (secondary N) is 1. The number of carbonyl (C=O) groups excluding carboxylic acids is 1. The number of aromatic nitrogens is 2. The van der Waals surface area contributed by atoms with E-state index in [9.17, 15) is 4.79 Å². The van der Waals surface area contributed by atoms with Gasteiger partial charge in [0.15, 0.2) is 0 Å². The highest BCUT2D eigenvalue weighted by molar-refractivity contribution is 6.44. The van der Waals surface area contributed by atoms with Gasteiger partial charge in [-0.3, -0.25) is 9.48 Å². The maximum atomic E-state index is 12.1. The van der Waals surface area contributed by atoms with Gasteiger partial charge in [0.25, 0.3) is 5.91 Å². The molecule has 0 saturated carbocycles. The second-order valence-electron chi connectivity index (χ2n) is 4.62. The topological polar surface area (TPSA) is 72.9 Å². The van der Waals surface area contributed by atoms with Crippen LogP contribution in [0.4, 0.5) is 11.4 Å². The van der Waals surface area contributed by atoms with Crippen LogP contribution in [0.2, 0.25) is 10.0 Å². The van der Waals surface area contributed by atoms with E-state index in [-0.39, 0.29) is 27.7 Å². The number of anilines is 2. The van der Waals surface area contributed by atoms with E-state index in [0.29, 0.717) is 11.3 Å². The Morgan fingerprint density at radius 3 is 2.65 bits per heavy atom. The van der Waals surface area contributed by atoms with Gasteiger partial charge in [-0.05, 0) is 26.0 Å². The Bertz CT molecular complexity index is 629. The summed E-state index contributed by atoms with van der Waals surface area (Å²) in [6, 6.07) is 3.18. The molecule has 2 aromatic rings. The number of carbonyl (C=O) groups is 1. The Morgan fingerprint density at radius 2 is 2.10 bits per heavy atom. The van der Waals surface area contributed by atoms with Crippen molar-refractivity contribution in [3.05, 3.63) is 40.1 Å². The smallest absolute Gasteiger partial charge is 0.255 e. The fourth-order valence-corrected chi connectivity index (χ4v) is 1.97.